The number of carbonyl (C=O) groups is 1. The van der Waals surface area contributed by atoms with Crippen molar-refractivity contribution < 1.29 is 18.0 Å². The van der Waals surface area contributed by atoms with Gasteiger partial charge in [0.1, 0.15) is 5.69 Å². The van der Waals surface area contributed by atoms with Gasteiger partial charge in [-0.1, -0.05) is 13.8 Å². The van der Waals surface area contributed by atoms with Gasteiger partial charge in [0.25, 0.3) is 5.91 Å². The number of nitrogens with one attached hydrogen (secondary N) is 2. The van der Waals surface area contributed by atoms with Crippen molar-refractivity contribution in [2.24, 2.45) is 5.92 Å². The minimum absolute atomic E-state index is 0.0751. The normalized spacial score (nSPS) is 10.7. The smallest absolute Gasteiger partial charge is 0.270 e. The van der Waals surface area contributed by atoms with Crippen LogP contribution in [0.5, 0.6) is 0 Å². The summed E-state index contributed by atoms with van der Waals surface area (Å²) in [6, 6.07) is 3.19. The SMILES string of the molecule is CC(C)CNC(=O)c1ccnc(Nc2ccc(F)c(F)c2F)n1. The molecule has 2 N–H and O–H groups in total. The number of carbonyl (C=O) groups excluding carboxylic acids is 1. The molecule has 0 spiro atoms. The minimum atomic E-state index is -1.60. The summed E-state index contributed by atoms with van der Waals surface area (Å²) < 4.78 is 39.7. The molecule has 1 heterocycles. The maximum atomic E-state index is 13.6. The molecule has 23 heavy (non-hydrogen) atoms. The summed E-state index contributed by atoms with van der Waals surface area (Å²) in [5.41, 5.74) is -0.255. The van der Waals surface area contributed by atoms with Gasteiger partial charge in [-0.2, -0.15) is 0 Å². The zero-order valence-corrected chi connectivity index (χ0v) is 12.5. The van der Waals surface area contributed by atoms with Crippen LogP contribution in [0.25, 0.3) is 0 Å². The second-order valence-electron chi connectivity index (χ2n) is 5.22. The number of nitrogens with zero attached hydrogens (tertiary/aromatic N) is 2. The Kier molecular flexibility index (Phi) is 5.15. The monoisotopic (exact) mass is 324 g/mol. The van der Waals surface area contributed by atoms with E-state index in [0.29, 0.717) is 6.54 Å². The average Bonchev–Trinajstić information content (AvgIpc) is 2.53. The molecule has 0 radical (unpaired) electrons. The van der Waals surface area contributed by atoms with Gasteiger partial charge in [0.2, 0.25) is 5.95 Å². The Hall–Kier alpha value is -2.64. The molecule has 1 amide bonds. The number of hydrogen-bond donors (Lipinski definition) is 2. The molecule has 0 bridgehead atoms. The van der Waals surface area contributed by atoms with Crippen molar-refractivity contribution in [1.82, 2.24) is 15.3 Å². The molecule has 0 saturated carbocycles. The molecule has 2 rings (SSSR count). The Morgan fingerprint density at radius 1 is 1.17 bits per heavy atom. The van der Waals surface area contributed by atoms with Gasteiger partial charge in [-0.15, -0.1) is 0 Å². The first-order chi connectivity index (χ1) is 10.9. The van der Waals surface area contributed by atoms with Gasteiger partial charge in [-0.05, 0) is 24.1 Å². The minimum Gasteiger partial charge on any atom is -0.350 e. The van der Waals surface area contributed by atoms with E-state index in [1.54, 1.807) is 0 Å². The van der Waals surface area contributed by atoms with Crippen LogP contribution in [0.3, 0.4) is 0 Å². The molecule has 0 saturated heterocycles. The van der Waals surface area contributed by atoms with Crippen molar-refractivity contribution in [3.8, 4) is 0 Å². The second-order valence-corrected chi connectivity index (χ2v) is 5.22. The topological polar surface area (TPSA) is 66.9 Å². The van der Waals surface area contributed by atoms with Crippen LogP contribution in [0.4, 0.5) is 24.8 Å². The standard InChI is InChI=1S/C15H15F3N4O/c1-8(2)7-20-14(23)11-5-6-19-15(22-11)21-10-4-3-9(16)12(17)13(10)18/h3-6,8H,7H2,1-2H3,(H,20,23)(H,19,21,22). The molecule has 0 aliphatic heterocycles. The molecule has 8 heteroatoms. The van der Waals surface area contributed by atoms with Gasteiger partial charge >= 0.3 is 0 Å². The predicted molar refractivity (Wildman–Crippen MR) is 78.8 cm³/mol. The first kappa shape index (κ1) is 16.7. The highest BCUT2D eigenvalue weighted by atomic mass is 19.2. The average molecular weight is 324 g/mol. The Morgan fingerprint density at radius 2 is 1.91 bits per heavy atom. The van der Waals surface area contributed by atoms with Crippen LogP contribution in [0.2, 0.25) is 0 Å². The molecule has 0 aliphatic rings. The lowest BCUT2D eigenvalue weighted by atomic mass is 10.2. The number of amides is 1. The molecule has 1 aromatic heterocycles. The van der Waals surface area contributed by atoms with Gasteiger partial charge in [0.15, 0.2) is 17.5 Å². The lowest BCUT2D eigenvalue weighted by molar-refractivity contribution is 0.0944. The summed E-state index contributed by atoms with van der Waals surface area (Å²) in [5.74, 6) is -4.52. The summed E-state index contributed by atoms with van der Waals surface area (Å²) in [4.78, 5) is 19.6. The summed E-state index contributed by atoms with van der Waals surface area (Å²) in [7, 11) is 0. The molecular formula is C15H15F3N4O. The van der Waals surface area contributed by atoms with Crippen molar-refractivity contribution in [2.45, 2.75) is 13.8 Å². The fourth-order valence-corrected chi connectivity index (χ4v) is 1.68. The fraction of sp³-hybridized carbons (Fsp3) is 0.267. The fourth-order valence-electron chi connectivity index (χ4n) is 1.68. The highest BCUT2D eigenvalue weighted by molar-refractivity contribution is 5.92. The summed E-state index contributed by atoms with van der Waals surface area (Å²) in [5, 5.41) is 5.09. The largest absolute Gasteiger partial charge is 0.350 e. The van der Waals surface area contributed by atoms with Gasteiger partial charge in [0, 0.05) is 12.7 Å². The van der Waals surface area contributed by atoms with Crippen LogP contribution in [-0.4, -0.2) is 22.4 Å². The number of rotatable bonds is 5. The molecule has 0 fully saturated rings. The van der Waals surface area contributed by atoms with E-state index in [0.717, 1.165) is 12.1 Å². The first-order valence-corrected chi connectivity index (χ1v) is 6.90. The lowest BCUT2D eigenvalue weighted by Gasteiger charge is -2.09. The predicted octanol–water partition coefficient (Wildman–Crippen LogP) is 3.02. The zero-order chi connectivity index (χ0) is 17.0. The molecule has 0 aliphatic carbocycles. The van der Waals surface area contributed by atoms with Crippen LogP contribution in [-0.2, 0) is 0 Å². The molecule has 0 unspecified atom stereocenters. The van der Waals surface area contributed by atoms with E-state index >= 15 is 0 Å². The maximum Gasteiger partial charge on any atom is 0.270 e. The van der Waals surface area contributed by atoms with Crippen LogP contribution in [0, 0.1) is 23.4 Å². The van der Waals surface area contributed by atoms with E-state index in [4.69, 9.17) is 0 Å². The van der Waals surface area contributed by atoms with Crippen LogP contribution < -0.4 is 10.6 Å². The quantitative estimate of drug-likeness (QED) is 0.830. The summed E-state index contributed by atoms with van der Waals surface area (Å²) in [6.07, 6.45) is 1.30. The molecule has 5 nitrogen and oxygen atoms in total. The lowest BCUT2D eigenvalue weighted by Crippen LogP contribution is -2.28. The zero-order valence-electron chi connectivity index (χ0n) is 12.5. The van der Waals surface area contributed by atoms with E-state index in [-0.39, 0.29) is 23.2 Å². The number of hydrogen-bond acceptors (Lipinski definition) is 4. The highest BCUT2D eigenvalue weighted by Crippen LogP contribution is 2.21. The molecule has 0 atom stereocenters. The van der Waals surface area contributed by atoms with Gasteiger partial charge in [-0.3, -0.25) is 4.79 Å². The number of halogens is 3. The Labute approximate surface area is 131 Å². The van der Waals surface area contributed by atoms with E-state index < -0.39 is 23.4 Å². The van der Waals surface area contributed by atoms with Gasteiger partial charge < -0.3 is 10.6 Å². The Bertz CT molecular complexity index is 722. The highest BCUT2D eigenvalue weighted by Gasteiger charge is 2.15. The van der Waals surface area contributed by atoms with Crippen molar-refractivity contribution in [1.29, 1.82) is 0 Å². The Morgan fingerprint density at radius 3 is 2.61 bits per heavy atom. The van der Waals surface area contributed by atoms with Crippen molar-refractivity contribution in [3.63, 3.8) is 0 Å². The van der Waals surface area contributed by atoms with Gasteiger partial charge in [-0.25, -0.2) is 23.1 Å². The van der Waals surface area contributed by atoms with E-state index in [9.17, 15) is 18.0 Å². The molecule has 122 valence electrons. The molecular weight excluding hydrogens is 309 g/mol. The van der Waals surface area contributed by atoms with Crippen LogP contribution in [0.1, 0.15) is 24.3 Å². The third-order valence-electron chi connectivity index (χ3n) is 2.84. The Balaban J connectivity index is 2.17. The van der Waals surface area contributed by atoms with Crippen molar-refractivity contribution >= 4 is 17.5 Å². The van der Waals surface area contributed by atoms with Gasteiger partial charge in [0.05, 0.1) is 5.69 Å². The summed E-state index contributed by atoms with van der Waals surface area (Å²) >= 11 is 0. The molecule has 1 aromatic carbocycles. The summed E-state index contributed by atoms with van der Waals surface area (Å²) in [6.45, 7) is 4.36. The van der Waals surface area contributed by atoms with Crippen LogP contribution in [0.15, 0.2) is 24.4 Å². The second kappa shape index (κ2) is 7.08. The number of benzene rings is 1. The van der Waals surface area contributed by atoms with Crippen LogP contribution >= 0.6 is 0 Å². The van der Waals surface area contributed by atoms with E-state index in [1.807, 2.05) is 13.8 Å². The molecule has 2 aromatic rings. The third-order valence-corrected chi connectivity index (χ3v) is 2.84. The van der Waals surface area contributed by atoms with E-state index in [2.05, 4.69) is 20.6 Å². The van der Waals surface area contributed by atoms with Crippen molar-refractivity contribution in [3.05, 3.63) is 47.5 Å². The third kappa shape index (κ3) is 4.18. The number of aromatic nitrogens is 2. The van der Waals surface area contributed by atoms with E-state index in [1.165, 1.54) is 12.3 Å². The van der Waals surface area contributed by atoms with Crippen molar-refractivity contribution in [2.75, 3.05) is 11.9 Å². The number of anilines is 2. The maximum absolute atomic E-state index is 13.6. The first-order valence-electron chi connectivity index (χ1n) is 6.90.